The van der Waals surface area contributed by atoms with E-state index in [4.69, 9.17) is 4.74 Å². The normalized spacial score (nSPS) is 32.5. The molecular formula is C10H19NO. The number of hydrogen-bond donors (Lipinski definition) is 1. The fraction of sp³-hybridized carbons (Fsp3) is 1.00. The van der Waals surface area contributed by atoms with Crippen molar-refractivity contribution in [1.29, 1.82) is 0 Å². The molecule has 1 saturated heterocycles. The Hall–Kier alpha value is -0.0800. The molecule has 0 bridgehead atoms. The first kappa shape index (κ1) is 8.52. The van der Waals surface area contributed by atoms with Gasteiger partial charge in [0, 0.05) is 6.54 Å². The van der Waals surface area contributed by atoms with Gasteiger partial charge in [-0.1, -0.05) is 13.8 Å². The number of hydrogen-bond acceptors (Lipinski definition) is 2. The minimum Gasteiger partial charge on any atom is -0.359 e. The van der Waals surface area contributed by atoms with Crippen molar-refractivity contribution >= 4 is 0 Å². The molecular weight excluding hydrogens is 150 g/mol. The van der Waals surface area contributed by atoms with Crippen LogP contribution >= 0.6 is 0 Å². The van der Waals surface area contributed by atoms with Gasteiger partial charge in [-0.05, 0) is 31.1 Å². The number of nitrogens with one attached hydrogen (secondary N) is 1. The lowest BCUT2D eigenvalue weighted by molar-refractivity contribution is -0.0604. The Morgan fingerprint density at radius 2 is 1.75 bits per heavy atom. The molecule has 2 nitrogen and oxygen atoms in total. The monoisotopic (exact) mass is 169 g/mol. The van der Waals surface area contributed by atoms with Crippen LogP contribution in [0, 0.1) is 5.41 Å². The molecule has 1 saturated carbocycles. The van der Waals surface area contributed by atoms with Gasteiger partial charge in [-0.2, -0.15) is 0 Å². The zero-order valence-corrected chi connectivity index (χ0v) is 8.15. The maximum absolute atomic E-state index is 5.76. The van der Waals surface area contributed by atoms with E-state index >= 15 is 0 Å². The molecule has 0 unspecified atom stereocenters. The molecule has 12 heavy (non-hydrogen) atoms. The Labute approximate surface area is 74.7 Å². The minimum atomic E-state index is 0.0789. The molecule has 2 heteroatoms. The van der Waals surface area contributed by atoms with Crippen LogP contribution in [0.4, 0.5) is 0 Å². The Bertz CT molecular complexity index is 159. The van der Waals surface area contributed by atoms with Crippen LogP contribution in [0.3, 0.4) is 0 Å². The largest absolute Gasteiger partial charge is 0.359 e. The van der Waals surface area contributed by atoms with E-state index in [1.807, 2.05) is 0 Å². The maximum atomic E-state index is 5.76. The topological polar surface area (TPSA) is 21.3 Å². The molecule has 1 spiro atoms. The van der Waals surface area contributed by atoms with Crippen molar-refractivity contribution in [2.45, 2.75) is 45.3 Å². The summed E-state index contributed by atoms with van der Waals surface area (Å²) in [6, 6.07) is 0. The summed E-state index contributed by atoms with van der Waals surface area (Å²) in [5.74, 6) is 0. The fourth-order valence-electron chi connectivity index (χ4n) is 2.23. The Balaban J connectivity index is 1.97. The molecule has 1 aliphatic heterocycles. The van der Waals surface area contributed by atoms with Gasteiger partial charge in [0.25, 0.3) is 0 Å². The van der Waals surface area contributed by atoms with E-state index in [0.29, 0.717) is 5.41 Å². The average Bonchev–Trinajstić information content (AvgIpc) is 2.46. The zero-order valence-electron chi connectivity index (χ0n) is 8.15. The van der Waals surface area contributed by atoms with E-state index in [0.717, 1.165) is 13.2 Å². The fourth-order valence-corrected chi connectivity index (χ4v) is 2.23. The van der Waals surface area contributed by atoms with Gasteiger partial charge in [0.2, 0.25) is 0 Å². The lowest BCUT2D eigenvalue weighted by atomic mass is 9.74. The molecule has 0 atom stereocenters. The van der Waals surface area contributed by atoms with Crippen molar-refractivity contribution < 1.29 is 4.74 Å². The quantitative estimate of drug-likeness (QED) is 0.598. The van der Waals surface area contributed by atoms with Crippen molar-refractivity contribution in [3.8, 4) is 0 Å². The van der Waals surface area contributed by atoms with Crippen molar-refractivity contribution in [2.24, 2.45) is 5.41 Å². The molecule has 2 rings (SSSR count). The van der Waals surface area contributed by atoms with Crippen molar-refractivity contribution in [2.75, 3.05) is 13.2 Å². The second-order valence-corrected chi connectivity index (χ2v) is 4.93. The van der Waals surface area contributed by atoms with Gasteiger partial charge in [-0.25, -0.2) is 0 Å². The van der Waals surface area contributed by atoms with Gasteiger partial charge in [-0.3, -0.25) is 5.32 Å². The third-order valence-electron chi connectivity index (χ3n) is 3.34. The molecule has 1 N–H and O–H groups in total. The average molecular weight is 169 g/mol. The SMILES string of the molecule is CC1(C)CCC2(CC1)NCCO2. The molecule has 2 fully saturated rings. The third kappa shape index (κ3) is 1.50. The van der Waals surface area contributed by atoms with Gasteiger partial charge in [0.05, 0.1) is 6.61 Å². The summed E-state index contributed by atoms with van der Waals surface area (Å²) < 4.78 is 5.76. The summed E-state index contributed by atoms with van der Waals surface area (Å²) in [6.07, 6.45) is 4.97. The van der Waals surface area contributed by atoms with Gasteiger partial charge < -0.3 is 4.74 Å². The summed E-state index contributed by atoms with van der Waals surface area (Å²) in [5, 5.41) is 3.49. The van der Waals surface area contributed by atoms with Gasteiger partial charge in [0.1, 0.15) is 5.72 Å². The molecule has 0 radical (unpaired) electrons. The smallest absolute Gasteiger partial charge is 0.119 e. The summed E-state index contributed by atoms with van der Waals surface area (Å²) in [7, 11) is 0. The zero-order chi connectivity index (χ0) is 8.66. The van der Waals surface area contributed by atoms with Crippen LogP contribution in [0.25, 0.3) is 0 Å². The molecule has 0 aromatic heterocycles. The summed E-state index contributed by atoms with van der Waals surface area (Å²) >= 11 is 0. The first-order chi connectivity index (χ1) is 5.62. The Morgan fingerprint density at radius 1 is 1.08 bits per heavy atom. The lowest BCUT2D eigenvalue weighted by Crippen LogP contribution is -2.45. The highest BCUT2D eigenvalue weighted by Crippen LogP contribution is 2.41. The van der Waals surface area contributed by atoms with E-state index < -0.39 is 0 Å². The minimum absolute atomic E-state index is 0.0789. The van der Waals surface area contributed by atoms with Gasteiger partial charge in [-0.15, -0.1) is 0 Å². The van der Waals surface area contributed by atoms with Crippen LogP contribution in [-0.2, 0) is 4.74 Å². The van der Waals surface area contributed by atoms with E-state index in [2.05, 4.69) is 19.2 Å². The first-order valence-electron chi connectivity index (χ1n) is 5.01. The molecule has 1 heterocycles. The van der Waals surface area contributed by atoms with Crippen molar-refractivity contribution in [1.82, 2.24) is 5.32 Å². The summed E-state index contributed by atoms with van der Waals surface area (Å²) in [4.78, 5) is 0. The third-order valence-corrected chi connectivity index (χ3v) is 3.34. The van der Waals surface area contributed by atoms with E-state index in [1.54, 1.807) is 0 Å². The van der Waals surface area contributed by atoms with Crippen molar-refractivity contribution in [3.63, 3.8) is 0 Å². The molecule has 0 amide bonds. The molecule has 1 aliphatic carbocycles. The highest BCUT2D eigenvalue weighted by Gasteiger charge is 2.40. The Morgan fingerprint density at radius 3 is 2.25 bits per heavy atom. The standard InChI is InChI=1S/C10H19NO/c1-9(2)3-5-10(6-4-9)11-7-8-12-10/h11H,3-8H2,1-2H3. The predicted molar refractivity (Wildman–Crippen MR) is 48.9 cm³/mol. The first-order valence-corrected chi connectivity index (χ1v) is 5.01. The molecule has 0 aromatic rings. The Kier molecular flexibility index (Phi) is 1.92. The second-order valence-electron chi connectivity index (χ2n) is 4.93. The molecule has 2 aliphatic rings. The van der Waals surface area contributed by atoms with Crippen LogP contribution in [0.5, 0.6) is 0 Å². The van der Waals surface area contributed by atoms with E-state index in [-0.39, 0.29) is 5.72 Å². The maximum Gasteiger partial charge on any atom is 0.119 e. The van der Waals surface area contributed by atoms with Crippen LogP contribution in [0.15, 0.2) is 0 Å². The van der Waals surface area contributed by atoms with E-state index in [9.17, 15) is 0 Å². The highest BCUT2D eigenvalue weighted by atomic mass is 16.5. The lowest BCUT2D eigenvalue weighted by Gasteiger charge is -2.40. The van der Waals surface area contributed by atoms with Crippen LogP contribution in [0.2, 0.25) is 0 Å². The number of rotatable bonds is 0. The molecule has 0 aromatic carbocycles. The second kappa shape index (κ2) is 2.71. The van der Waals surface area contributed by atoms with Gasteiger partial charge >= 0.3 is 0 Å². The highest BCUT2D eigenvalue weighted by molar-refractivity contribution is 4.91. The van der Waals surface area contributed by atoms with E-state index in [1.165, 1.54) is 25.7 Å². The molecule has 70 valence electrons. The number of ether oxygens (including phenoxy) is 1. The summed E-state index contributed by atoms with van der Waals surface area (Å²) in [6.45, 7) is 6.66. The summed E-state index contributed by atoms with van der Waals surface area (Å²) in [5.41, 5.74) is 0.619. The van der Waals surface area contributed by atoms with Crippen LogP contribution in [0.1, 0.15) is 39.5 Å². The van der Waals surface area contributed by atoms with Crippen LogP contribution in [-0.4, -0.2) is 18.9 Å². The predicted octanol–water partition coefficient (Wildman–Crippen LogP) is 1.90. The van der Waals surface area contributed by atoms with Crippen LogP contribution < -0.4 is 5.32 Å². The van der Waals surface area contributed by atoms with Gasteiger partial charge in [0.15, 0.2) is 0 Å². The van der Waals surface area contributed by atoms with Crippen molar-refractivity contribution in [3.05, 3.63) is 0 Å².